The van der Waals surface area contributed by atoms with Crippen molar-refractivity contribution in [2.24, 2.45) is 5.92 Å². The molecule has 0 spiro atoms. The van der Waals surface area contributed by atoms with E-state index < -0.39 is 5.91 Å². The Morgan fingerprint density at radius 2 is 1.78 bits per heavy atom. The number of carbonyl (C=O) groups excluding carboxylic acids is 2. The fourth-order valence-corrected chi connectivity index (χ4v) is 3.36. The Hall–Kier alpha value is -4.05. The molecule has 0 aliphatic rings. The second kappa shape index (κ2) is 9.84. The lowest BCUT2D eigenvalue weighted by Gasteiger charge is -2.12. The van der Waals surface area contributed by atoms with Gasteiger partial charge in [0.1, 0.15) is 11.6 Å². The van der Waals surface area contributed by atoms with E-state index in [1.807, 2.05) is 26.0 Å². The van der Waals surface area contributed by atoms with Crippen LogP contribution >= 0.6 is 0 Å². The Kier molecular flexibility index (Phi) is 6.96. The summed E-state index contributed by atoms with van der Waals surface area (Å²) in [6.45, 7) is 9.18. The zero-order valence-electron chi connectivity index (χ0n) is 18.6. The summed E-state index contributed by atoms with van der Waals surface area (Å²) in [5.41, 5.74) is 4.05. The molecule has 2 amide bonds. The predicted molar refractivity (Wildman–Crippen MR) is 124 cm³/mol. The molecule has 0 bridgehead atoms. The maximum atomic E-state index is 12.7. The number of aromatic nitrogens is 1. The van der Waals surface area contributed by atoms with Gasteiger partial charge in [0.15, 0.2) is 5.76 Å². The number of rotatable bonds is 7. The Morgan fingerprint density at radius 1 is 1.12 bits per heavy atom. The quantitative estimate of drug-likeness (QED) is 0.400. The molecule has 2 heterocycles. The highest BCUT2D eigenvalue weighted by Gasteiger charge is 2.14. The average Bonchev–Trinajstić information content (AvgIpc) is 3.38. The molecule has 3 rings (SSSR count). The summed E-state index contributed by atoms with van der Waals surface area (Å²) in [5.74, 6) is -0.161. The number of nitrogens with one attached hydrogen (secondary N) is 2. The molecule has 0 aliphatic carbocycles. The van der Waals surface area contributed by atoms with Gasteiger partial charge < -0.3 is 19.6 Å². The monoisotopic (exact) mass is 430 g/mol. The van der Waals surface area contributed by atoms with Gasteiger partial charge in [-0.25, -0.2) is 0 Å². The van der Waals surface area contributed by atoms with Gasteiger partial charge in [-0.3, -0.25) is 9.59 Å². The second-order valence-electron chi connectivity index (χ2n) is 7.96. The molecule has 2 N–H and O–H groups in total. The highest BCUT2D eigenvalue weighted by molar-refractivity contribution is 6.10. The third-order valence-corrected chi connectivity index (χ3v) is 4.97. The molecule has 0 radical (unpaired) electrons. The maximum absolute atomic E-state index is 12.7. The number of nitrogens with zero attached hydrogens (tertiary/aromatic N) is 2. The van der Waals surface area contributed by atoms with Crippen molar-refractivity contribution in [1.29, 1.82) is 5.26 Å². The van der Waals surface area contributed by atoms with E-state index in [1.54, 1.807) is 42.5 Å². The van der Waals surface area contributed by atoms with Crippen molar-refractivity contribution in [3.05, 3.63) is 77.0 Å². The number of furan rings is 1. The van der Waals surface area contributed by atoms with Crippen LogP contribution in [0.4, 0.5) is 11.4 Å². The van der Waals surface area contributed by atoms with E-state index in [0.717, 1.165) is 23.5 Å². The fourth-order valence-electron chi connectivity index (χ4n) is 3.36. The van der Waals surface area contributed by atoms with Gasteiger partial charge in [-0.15, -0.1) is 0 Å². The lowest BCUT2D eigenvalue weighted by atomic mass is 10.1. The summed E-state index contributed by atoms with van der Waals surface area (Å²) in [7, 11) is 0. The minimum absolute atomic E-state index is 0.0185. The average molecular weight is 431 g/mol. The Bertz CT molecular complexity index is 1180. The van der Waals surface area contributed by atoms with Crippen LogP contribution in [-0.2, 0) is 11.3 Å². The molecule has 2 aromatic heterocycles. The first-order chi connectivity index (χ1) is 15.3. The van der Waals surface area contributed by atoms with Gasteiger partial charge in [0.05, 0.1) is 6.26 Å². The van der Waals surface area contributed by atoms with Crippen molar-refractivity contribution in [3.8, 4) is 6.07 Å². The molecular weight excluding hydrogens is 404 g/mol. The molecule has 7 nitrogen and oxygen atoms in total. The van der Waals surface area contributed by atoms with Gasteiger partial charge in [-0.2, -0.15) is 5.26 Å². The van der Waals surface area contributed by atoms with E-state index in [9.17, 15) is 14.9 Å². The van der Waals surface area contributed by atoms with Crippen LogP contribution < -0.4 is 10.6 Å². The van der Waals surface area contributed by atoms with E-state index in [1.165, 1.54) is 6.26 Å². The van der Waals surface area contributed by atoms with Crippen LogP contribution in [0, 0.1) is 31.1 Å². The summed E-state index contributed by atoms with van der Waals surface area (Å²) >= 11 is 0. The third kappa shape index (κ3) is 5.35. The zero-order valence-corrected chi connectivity index (χ0v) is 18.6. The van der Waals surface area contributed by atoms with Crippen molar-refractivity contribution >= 4 is 29.3 Å². The van der Waals surface area contributed by atoms with Crippen molar-refractivity contribution < 1.29 is 14.0 Å². The summed E-state index contributed by atoms with van der Waals surface area (Å²) in [6.07, 6.45) is 3.04. The van der Waals surface area contributed by atoms with E-state index in [-0.39, 0.29) is 17.2 Å². The third-order valence-electron chi connectivity index (χ3n) is 4.97. The predicted octanol–water partition coefficient (Wildman–Crippen LogP) is 5.15. The van der Waals surface area contributed by atoms with E-state index in [0.29, 0.717) is 17.3 Å². The van der Waals surface area contributed by atoms with E-state index >= 15 is 0 Å². The molecule has 7 heteroatoms. The molecular formula is C25H26N4O3. The van der Waals surface area contributed by atoms with Crippen molar-refractivity contribution in [1.82, 2.24) is 4.57 Å². The number of nitriles is 1. The largest absolute Gasteiger partial charge is 0.459 e. The fraction of sp³-hybridized carbons (Fsp3) is 0.240. The zero-order chi connectivity index (χ0) is 23.3. The van der Waals surface area contributed by atoms with Crippen molar-refractivity contribution in [2.75, 3.05) is 10.6 Å². The lowest BCUT2D eigenvalue weighted by Crippen LogP contribution is -2.14. The van der Waals surface area contributed by atoms with E-state index in [2.05, 4.69) is 29.0 Å². The minimum atomic E-state index is -0.492. The van der Waals surface area contributed by atoms with Crippen molar-refractivity contribution in [2.45, 2.75) is 34.2 Å². The van der Waals surface area contributed by atoms with Gasteiger partial charge in [0, 0.05) is 29.3 Å². The molecule has 0 atom stereocenters. The van der Waals surface area contributed by atoms with Gasteiger partial charge in [-0.05, 0) is 73.9 Å². The molecule has 32 heavy (non-hydrogen) atoms. The topological polar surface area (TPSA) is 100 Å². The van der Waals surface area contributed by atoms with Crippen LogP contribution in [0.5, 0.6) is 0 Å². The first-order valence-electron chi connectivity index (χ1n) is 10.3. The smallest absolute Gasteiger partial charge is 0.291 e. The first kappa shape index (κ1) is 22.6. The summed E-state index contributed by atoms with van der Waals surface area (Å²) < 4.78 is 7.25. The van der Waals surface area contributed by atoms with Gasteiger partial charge in [0.2, 0.25) is 0 Å². The Balaban J connectivity index is 1.70. The molecule has 3 aromatic rings. The first-order valence-corrected chi connectivity index (χ1v) is 10.3. The minimum Gasteiger partial charge on any atom is -0.459 e. The number of hydrogen-bond donors (Lipinski definition) is 2. The van der Waals surface area contributed by atoms with Gasteiger partial charge in [-0.1, -0.05) is 13.8 Å². The molecule has 0 fully saturated rings. The number of aryl methyl sites for hydroxylation is 1. The van der Waals surface area contributed by atoms with Crippen LogP contribution in [0.15, 0.2) is 58.7 Å². The van der Waals surface area contributed by atoms with Crippen molar-refractivity contribution in [3.63, 3.8) is 0 Å². The molecule has 0 aliphatic heterocycles. The Morgan fingerprint density at radius 3 is 2.34 bits per heavy atom. The van der Waals surface area contributed by atoms with E-state index in [4.69, 9.17) is 4.42 Å². The number of carbonyl (C=O) groups is 2. The summed E-state index contributed by atoms with van der Waals surface area (Å²) in [5, 5.41) is 15.0. The van der Waals surface area contributed by atoms with Crippen LogP contribution in [0.1, 0.15) is 41.4 Å². The number of hydrogen-bond acceptors (Lipinski definition) is 4. The second-order valence-corrected chi connectivity index (χ2v) is 7.96. The standard InChI is InChI=1S/C25H26N4O3/c1-16(2)15-29-17(3)12-19(18(29)4)13-20(14-26)24(30)27-21-7-9-22(10-8-21)28-25(31)23-6-5-11-32-23/h5-13,16H,15H2,1-4H3,(H,27,30)(H,28,31)/b20-13+. The van der Waals surface area contributed by atoms with Gasteiger partial charge in [0.25, 0.3) is 11.8 Å². The molecule has 0 unspecified atom stereocenters. The van der Waals surface area contributed by atoms with Gasteiger partial charge >= 0.3 is 0 Å². The SMILES string of the molecule is Cc1cc(/C=C(\C#N)C(=O)Nc2ccc(NC(=O)c3ccco3)cc2)c(C)n1CC(C)C. The molecule has 0 saturated heterocycles. The normalized spacial score (nSPS) is 11.3. The van der Waals surface area contributed by atoms with Crippen LogP contribution in [-0.4, -0.2) is 16.4 Å². The maximum Gasteiger partial charge on any atom is 0.291 e. The number of amides is 2. The van der Waals surface area contributed by atoms with Crippen LogP contribution in [0.3, 0.4) is 0 Å². The number of benzene rings is 1. The lowest BCUT2D eigenvalue weighted by molar-refractivity contribution is -0.112. The van der Waals surface area contributed by atoms with Crippen LogP contribution in [0.25, 0.3) is 6.08 Å². The molecule has 164 valence electrons. The molecule has 1 aromatic carbocycles. The highest BCUT2D eigenvalue weighted by Crippen LogP contribution is 2.21. The summed E-state index contributed by atoms with van der Waals surface area (Å²) in [4.78, 5) is 24.7. The summed E-state index contributed by atoms with van der Waals surface area (Å²) in [6, 6.07) is 13.8. The highest BCUT2D eigenvalue weighted by atomic mass is 16.3. The van der Waals surface area contributed by atoms with Crippen LogP contribution in [0.2, 0.25) is 0 Å². The molecule has 0 saturated carbocycles. The Labute approximate surface area is 187 Å². The number of anilines is 2.